The zero-order valence-electron chi connectivity index (χ0n) is 24.9. The topological polar surface area (TPSA) is 97.3 Å². The van der Waals surface area contributed by atoms with Gasteiger partial charge in [-0.2, -0.15) is 9.78 Å². The Kier molecular flexibility index (Phi) is 7.90. The molecule has 10 heteroatoms. The lowest BCUT2D eigenvalue weighted by molar-refractivity contribution is 0.174. The minimum atomic E-state index is -0.338. The maximum absolute atomic E-state index is 13.8. The lowest BCUT2D eigenvalue weighted by Gasteiger charge is -2.17. The summed E-state index contributed by atoms with van der Waals surface area (Å²) in [5.41, 5.74) is 3.27. The molecule has 0 fully saturated rings. The molecule has 9 nitrogen and oxygen atoms in total. The Morgan fingerprint density at radius 1 is 1.02 bits per heavy atom. The summed E-state index contributed by atoms with van der Waals surface area (Å²) >= 11 is 6.21. The van der Waals surface area contributed by atoms with E-state index in [1.807, 2.05) is 43.3 Å². The maximum atomic E-state index is 13.8. The normalized spacial score (nSPS) is 12.3. The molecule has 3 heterocycles. The van der Waals surface area contributed by atoms with Gasteiger partial charge in [-0.15, -0.1) is 6.58 Å². The highest BCUT2D eigenvalue weighted by Gasteiger charge is 2.19. The van der Waals surface area contributed by atoms with E-state index in [1.54, 1.807) is 54.8 Å². The summed E-state index contributed by atoms with van der Waals surface area (Å²) in [5, 5.41) is 6.42. The fraction of sp³-hybridized carbons (Fsp3) is 0.139. The van der Waals surface area contributed by atoms with Crippen molar-refractivity contribution < 1.29 is 23.4 Å². The SMILES string of the molecule is C=CCc1cc(C=Nn2c(-c3cc4cc(Cl)ccc4o3)nc3ccccc3c2=O)cc(OCC)c1OCc1ccc2c(c1)OCO2. The summed E-state index contributed by atoms with van der Waals surface area (Å²) in [6.45, 7) is 6.75. The summed E-state index contributed by atoms with van der Waals surface area (Å²) in [5.74, 6) is 3.18. The number of hydrogen-bond donors (Lipinski definition) is 0. The standard InChI is InChI=1S/C36H28ClN3O6/c1-3-7-24-14-23(16-32(42-4-2)34(24)43-20-22-10-12-30-31(15-22)45-21-44-30)19-38-40-35(39-28-9-6-5-8-27(28)36(40)41)33-18-25-17-26(37)11-13-29(25)46-33/h3,5-6,8-19H,1,4,7,20-21H2,2H3. The number of aromatic nitrogens is 2. The number of hydrogen-bond acceptors (Lipinski definition) is 8. The third kappa shape index (κ3) is 5.68. The molecule has 230 valence electrons. The van der Waals surface area contributed by atoms with E-state index in [-0.39, 0.29) is 18.2 Å². The summed E-state index contributed by atoms with van der Waals surface area (Å²) < 4.78 is 30.6. The molecular formula is C36H28ClN3O6. The van der Waals surface area contributed by atoms with E-state index in [0.29, 0.717) is 75.5 Å². The summed E-state index contributed by atoms with van der Waals surface area (Å²) in [6, 6.07) is 23.7. The first-order valence-corrected chi connectivity index (χ1v) is 15.1. The first kappa shape index (κ1) is 29.2. The van der Waals surface area contributed by atoms with Gasteiger partial charge in [0, 0.05) is 16.0 Å². The second-order valence-electron chi connectivity index (χ2n) is 10.5. The Labute approximate surface area is 268 Å². The Bertz CT molecular complexity index is 2200. The molecular weight excluding hydrogens is 606 g/mol. The van der Waals surface area contributed by atoms with Crippen LogP contribution >= 0.6 is 11.6 Å². The van der Waals surface area contributed by atoms with Crippen molar-refractivity contribution in [3.63, 3.8) is 0 Å². The molecule has 1 aliphatic heterocycles. The predicted molar refractivity (Wildman–Crippen MR) is 178 cm³/mol. The van der Waals surface area contributed by atoms with Crippen LogP contribution in [0.4, 0.5) is 0 Å². The second kappa shape index (κ2) is 12.5. The van der Waals surface area contributed by atoms with Crippen molar-refractivity contribution in [3.05, 3.63) is 124 Å². The highest BCUT2D eigenvalue weighted by Crippen LogP contribution is 2.36. The number of nitrogens with zero attached hydrogens (tertiary/aromatic N) is 3. The van der Waals surface area contributed by atoms with Gasteiger partial charge in [-0.25, -0.2) is 4.98 Å². The highest BCUT2D eigenvalue weighted by atomic mass is 35.5. The van der Waals surface area contributed by atoms with Crippen molar-refractivity contribution in [2.24, 2.45) is 5.10 Å². The van der Waals surface area contributed by atoms with Gasteiger partial charge < -0.3 is 23.4 Å². The van der Waals surface area contributed by atoms with E-state index in [4.69, 9.17) is 39.9 Å². The molecule has 0 N–H and O–H groups in total. The Morgan fingerprint density at radius 3 is 2.76 bits per heavy atom. The highest BCUT2D eigenvalue weighted by molar-refractivity contribution is 6.31. The Morgan fingerprint density at radius 2 is 1.89 bits per heavy atom. The van der Waals surface area contributed by atoms with E-state index in [0.717, 1.165) is 16.5 Å². The number of rotatable bonds is 10. The van der Waals surface area contributed by atoms with E-state index >= 15 is 0 Å². The molecule has 0 atom stereocenters. The molecule has 0 bridgehead atoms. The molecule has 6 aromatic rings. The molecule has 1 aliphatic rings. The van der Waals surface area contributed by atoms with Crippen molar-refractivity contribution in [1.82, 2.24) is 9.66 Å². The maximum Gasteiger partial charge on any atom is 0.282 e. The van der Waals surface area contributed by atoms with Crippen molar-refractivity contribution >= 4 is 39.7 Å². The Hall–Kier alpha value is -5.54. The zero-order valence-corrected chi connectivity index (χ0v) is 25.6. The van der Waals surface area contributed by atoms with Crippen LogP contribution in [0.1, 0.15) is 23.6 Å². The first-order valence-electron chi connectivity index (χ1n) is 14.7. The molecule has 0 unspecified atom stereocenters. The molecule has 0 aliphatic carbocycles. The van der Waals surface area contributed by atoms with Crippen molar-refractivity contribution in [1.29, 1.82) is 0 Å². The second-order valence-corrected chi connectivity index (χ2v) is 11.0. The van der Waals surface area contributed by atoms with E-state index in [2.05, 4.69) is 11.7 Å². The Balaban J connectivity index is 1.28. The molecule has 46 heavy (non-hydrogen) atoms. The van der Waals surface area contributed by atoms with Gasteiger partial charge in [-0.3, -0.25) is 4.79 Å². The van der Waals surface area contributed by atoms with Crippen LogP contribution < -0.4 is 24.5 Å². The number of halogens is 1. The molecule has 0 spiro atoms. The molecule has 7 rings (SSSR count). The first-order chi connectivity index (χ1) is 22.5. The number of furan rings is 1. The average Bonchev–Trinajstić information content (AvgIpc) is 3.71. The number of allylic oxidation sites excluding steroid dienone is 1. The monoisotopic (exact) mass is 633 g/mol. The lowest BCUT2D eigenvalue weighted by atomic mass is 10.1. The fourth-order valence-electron chi connectivity index (χ4n) is 5.32. The van der Waals surface area contributed by atoms with Crippen LogP contribution in [-0.4, -0.2) is 29.3 Å². The number of benzene rings is 4. The minimum absolute atomic E-state index is 0.205. The largest absolute Gasteiger partial charge is 0.490 e. The van der Waals surface area contributed by atoms with Gasteiger partial charge in [0.25, 0.3) is 5.56 Å². The lowest BCUT2D eigenvalue weighted by Crippen LogP contribution is -2.20. The van der Waals surface area contributed by atoms with Crippen LogP contribution in [0.25, 0.3) is 33.5 Å². The molecule has 4 aromatic carbocycles. The third-order valence-corrected chi connectivity index (χ3v) is 7.65. The van der Waals surface area contributed by atoms with Crippen molar-refractivity contribution in [3.8, 4) is 34.6 Å². The summed E-state index contributed by atoms with van der Waals surface area (Å²) in [6.07, 6.45) is 3.91. The molecule has 0 saturated heterocycles. The van der Waals surface area contributed by atoms with Crippen LogP contribution in [0.5, 0.6) is 23.0 Å². The van der Waals surface area contributed by atoms with E-state index in [1.165, 1.54) is 4.68 Å². The molecule has 0 saturated carbocycles. The van der Waals surface area contributed by atoms with Gasteiger partial charge in [0.1, 0.15) is 12.2 Å². The van der Waals surface area contributed by atoms with Crippen molar-refractivity contribution in [2.45, 2.75) is 20.0 Å². The third-order valence-electron chi connectivity index (χ3n) is 7.41. The van der Waals surface area contributed by atoms with Gasteiger partial charge in [0.05, 0.1) is 23.7 Å². The molecule has 0 amide bonds. The van der Waals surface area contributed by atoms with Crippen LogP contribution in [0.2, 0.25) is 5.02 Å². The smallest absolute Gasteiger partial charge is 0.282 e. The van der Waals surface area contributed by atoms with Gasteiger partial charge in [-0.1, -0.05) is 35.9 Å². The quantitative estimate of drug-likeness (QED) is 0.112. The van der Waals surface area contributed by atoms with Crippen LogP contribution in [0.3, 0.4) is 0 Å². The summed E-state index contributed by atoms with van der Waals surface area (Å²) in [4.78, 5) is 18.5. The van der Waals surface area contributed by atoms with Gasteiger partial charge in [-0.05, 0) is 85.1 Å². The van der Waals surface area contributed by atoms with Gasteiger partial charge in [0.15, 0.2) is 28.8 Å². The summed E-state index contributed by atoms with van der Waals surface area (Å²) in [7, 11) is 0. The van der Waals surface area contributed by atoms with Gasteiger partial charge >= 0.3 is 0 Å². The van der Waals surface area contributed by atoms with E-state index < -0.39 is 0 Å². The number of fused-ring (bicyclic) bond motifs is 3. The van der Waals surface area contributed by atoms with Crippen LogP contribution in [0, 0.1) is 0 Å². The molecule has 2 aromatic heterocycles. The zero-order chi connectivity index (χ0) is 31.6. The van der Waals surface area contributed by atoms with Crippen molar-refractivity contribution in [2.75, 3.05) is 13.4 Å². The molecule has 0 radical (unpaired) electrons. The average molecular weight is 634 g/mol. The minimum Gasteiger partial charge on any atom is -0.490 e. The van der Waals surface area contributed by atoms with E-state index in [9.17, 15) is 4.79 Å². The van der Waals surface area contributed by atoms with Gasteiger partial charge in [0.2, 0.25) is 12.6 Å². The van der Waals surface area contributed by atoms with Crippen LogP contribution in [-0.2, 0) is 13.0 Å². The fourth-order valence-corrected chi connectivity index (χ4v) is 5.50. The predicted octanol–water partition coefficient (Wildman–Crippen LogP) is 7.78. The number of ether oxygens (including phenoxy) is 4. The van der Waals surface area contributed by atoms with Crippen LogP contribution in [0.15, 0.2) is 106 Å². The number of para-hydroxylation sites is 1.